The van der Waals surface area contributed by atoms with E-state index in [2.05, 4.69) is 91.8 Å². The van der Waals surface area contributed by atoms with E-state index in [4.69, 9.17) is 4.74 Å². The summed E-state index contributed by atoms with van der Waals surface area (Å²) in [5.41, 5.74) is 5.76. The van der Waals surface area contributed by atoms with Crippen molar-refractivity contribution in [1.29, 1.82) is 0 Å². The van der Waals surface area contributed by atoms with E-state index in [9.17, 15) is 19.8 Å². The summed E-state index contributed by atoms with van der Waals surface area (Å²) in [6.45, 7) is 20.8. The standard InChI is InChI=1S/C47H66O5/c1-11-12-13-14-25-45(51)52-33-39(44(50)30-43-38(6)29-41(49)32-47(43,9)10)24-18-23-35(3)20-16-15-19-34(2)21-17-22-36(4)26-27-42-37(5)28-40(48)31-46(42,7)8/h14-29,40-43,48-49H,11-13,30-33H2,1-10H3/b16-15+,21-17+,23-18+,25-14+,27-26+,34-19+,35-20+,36-22+,39-24+/t40-,41+,42-,43?/m0/s1. The third-order valence-electron chi connectivity index (χ3n) is 10.1. The van der Waals surface area contributed by atoms with Crippen molar-refractivity contribution in [1.82, 2.24) is 0 Å². The highest BCUT2D eigenvalue weighted by atomic mass is 16.5. The molecule has 2 rings (SSSR count). The van der Waals surface area contributed by atoms with Crippen LogP contribution < -0.4 is 0 Å². The van der Waals surface area contributed by atoms with Crippen LogP contribution in [0.3, 0.4) is 0 Å². The number of unbranched alkanes of at least 4 members (excludes halogenated alkanes) is 2. The average Bonchev–Trinajstić information content (AvgIpc) is 3.03. The maximum Gasteiger partial charge on any atom is 0.330 e. The van der Waals surface area contributed by atoms with E-state index in [0.29, 0.717) is 17.9 Å². The molecule has 0 heterocycles. The SMILES string of the molecule is CCCC/C=C/C(=O)OC\C(=C/C=C/C(C)=C/C=C/C=C(C)/C=C/C=C(C)/C=C/[C@H]1C(C)=C[C@H](O)CC1(C)C)C(=O)CC1C(C)=C[C@@H](O)CC1(C)C. The fourth-order valence-electron chi connectivity index (χ4n) is 7.11. The van der Waals surface area contributed by atoms with E-state index in [1.165, 1.54) is 17.2 Å². The van der Waals surface area contributed by atoms with Crippen molar-refractivity contribution >= 4 is 11.8 Å². The zero-order valence-electron chi connectivity index (χ0n) is 33.6. The van der Waals surface area contributed by atoms with Gasteiger partial charge in [-0.25, -0.2) is 4.79 Å². The van der Waals surface area contributed by atoms with E-state index in [-0.39, 0.29) is 41.7 Å². The molecule has 1 unspecified atom stereocenters. The fourth-order valence-corrected chi connectivity index (χ4v) is 7.11. The number of allylic oxidation sites excluding steroid dienone is 18. The fraction of sp³-hybridized carbons (Fsp3) is 0.489. The Kier molecular flexibility index (Phi) is 18.5. The molecule has 0 aliphatic heterocycles. The average molecular weight is 711 g/mol. The summed E-state index contributed by atoms with van der Waals surface area (Å²) in [5, 5.41) is 20.4. The first-order valence-corrected chi connectivity index (χ1v) is 19.0. The van der Waals surface area contributed by atoms with Gasteiger partial charge in [-0.3, -0.25) is 4.79 Å². The molecule has 0 radical (unpaired) electrons. The molecule has 52 heavy (non-hydrogen) atoms. The van der Waals surface area contributed by atoms with E-state index in [1.807, 2.05) is 62.5 Å². The molecule has 0 amide bonds. The maximum absolute atomic E-state index is 13.6. The van der Waals surface area contributed by atoms with Gasteiger partial charge >= 0.3 is 5.97 Å². The molecule has 0 spiro atoms. The Hall–Kier alpha value is -3.80. The minimum atomic E-state index is -0.502. The number of carbonyl (C=O) groups is 2. The molecule has 0 aromatic heterocycles. The monoisotopic (exact) mass is 710 g/mol. The largest absolute Gasteiger partial charge is 0.458 e. The first kappa shape index (κ1) is 44.4. The van der Waals surface area contributed by atoms with Crippen LogP contribution in [0.1, 0.15) is 108 Å². The number of rotatable bonds is 17. The summed E-state index contributed by atoms with van der Waals surface area (Å²) in [7, 11) is 0. The Morgan fingerprint density at radius 1 is 0.769 bits per heavy atom. The molecule has 4 atom stereocenters. The molecule has 0 aromatic carbocycles. The lowest BCUT2D eigenvalue weighted by Crippen LogP contribution is -2.35. The van der Waals surface area contributed by atoms with Crippen molar-refractivity contribution in [3.8, 4) is 0 Å². The van der Waals surface area contributed by atoms with Gasteiger partial charge in [0.1, 0.15) is 6.61 Å². The number of ether oxygens (including phenoxy) is 1. The molecule has 284 valence electrons. The second-order valence-corrected chi connectivity index (χ2v) is 16.0. The first-order valence-electron chi connectivity index (χ1n) is 19.0. The predicted molar refractivity (Wildman–Crippen MR) is 218 cm³/mol. The number of hydrogen-bond donors (Lipinski definition) is 2. The van der Waals surface area contributed by atoms with Gasteiger partial charge in [-0.15, -0.1) is 0 Å². The van der Waals surface area contributed by atoms with E-state index in [0.717, 1.165) is 42.4 Å². The third kappa shape index (κ3) is 15.8. The van der Waals surface area contributed by atoms with Gasteiger partial charge in [0.15, 0.2) is 5.78 Å². The van der Waals surface area contributed by atoms with E-state index < -0.39 is 12.1 Å². The normalized spacial score (nSPS) is 24.8. The van der Waals surface area contributed by atoms with Crippen molar-refractivity contribution in [2.75, 3.05) is 6.61 Å². The summed E-state index contributed by atoms with van der Waals surface area (Å²) >= 11 is 0. The maximum atomic E-state index is 13.6. The highest BCUT2D eigenvalue weighted by Crippen LogP contribution is 2.44. The number of ketones is 1. The zero-order chi connectivity index (χ0) is 38.9. The van der Waals surface area contributed by atoms with Crippen molar-refractivity contribution in [3.05, 3.63) is 131 Å². The number of Topliss-reactive ketones (excluding diaryl/α,β-unsaturated/α-hetero) is 1. The van der Waals surface area contributed by atoms with Crippen LogP contribution in [0.15, 0.2) is 131 Å². The van der Waals surface area contributed by atoms with Gasteiger partial charge in [-0.05, 0) is 70.6 Å². The second kappa shape index (κ2) is 21.7. The minimum absolute atomic E-state index is 0.00659. The molecule has 0 aromatic rings. The van der Waals surface area contributed by atoms with Crippen molar-refractivity contribution < 1.29 is 24.5 Å². The molecule has 2 aliphatic carbocycles. The van der Waals surface area contributed by atoms with Crippen LogP contribution in [0.2, 0.25) is 0 Å². The van der Waals surface area contributed by atoms with Crippen LogP contribution in [0.4, 0.5) is 0 Å². The highest BCUT2D eigenvalue weighted by molar-refractivity contribution is 5.96. The lowest BCUT2D eigenvalue weighted by molar-refractivity contribution is -0.137. The molecule has 5 heteroatoms. The van der Waals surface area contributed by atoms with Crippen LogP contribution in [-0.4, -0.2) is 40.8 Å². The topological polar surface area (TPSA) is 83.8 Å². The zero-order valence-corrected chi connectivity index (χ0v) is 33.6. The lowest BCUT2D eigenvalue weighted by atomic mass is 9.66. The molecule has 0 saturated heterocycles. The summed E-state index contributed by atoms with van der Waals surface area (Å²) in [4.78, 5) is 25.9. The molecular weight excluding hydrogens is 645 g/mol. The first-order chi connectivity index (χ1) is 24.4. The van der Waals surface area contributed by atoms with E-state index >= 15 is 0 Å². The predicted octanol–water partition coefficient (Wildman–Crippen LogP) is 10.9. The summed E-state index contributed by atoms with van der Waals surface area (Å²) in [6.07, 6.45) is 35.0. The summed E-state index contributed by atoms with van der Waals surface area (Å²) in [5.74, 6) is -0.210. The van der Waals surface area contributed by atoms with Crippen LogP contribution in [-0.2, 0) is 14.3 Å². The Balaban J connectivity index is 2.08. The third-order valence-corrected chi connectivity index (χ3v) is 10.1. The Labute approximate surface area is 315 Å². The minimum Gasteiger partial charge on any atom is -0.458 e. The van der Waals surface area contributed by atoms with E-state index in [1.54, 1.807) is 6.08 Å². The van der Waals surface area contributed by atoms with Crippen LogP contribution in [0.25, 0.3) is 0 Å². The molecule has 2 N–H and O–H groups in total. The number of aliphatic hydroxyl groups excluding tert-OH is 2. The van der Waals surface area contributed by atoms with Crippen LogP contribution >= 0.6 is 0 Å². The number of esters is 1. The lowest BCUT2D eigenvalue weighted by Gasteiger charge is -2.40. The number of carbonyl (C=O) groups excluding carboxylic acids is 2. The van der Waals surface area contributed by atoms with Gasteiger partial charge in [0, 0.05) is 24.0 Å². The van der Waals surface area contributed by atoms with Gasteiger partial charge < -0.3 is 14.9 Å². The van der Waals surface area contributed by atoms with Gasteiger partial charge in [-0.1, -0.05) is 166 Å². The highest BCUT2D eigenvalue weighted by Gasteiger charge is 2.38. The Bertz CT molecular complexity index is 1560. The number of hydrogen-bond acceptors (Lipinski definition) is 5. The van der Waals surface area contributed by atoms with Gasteiger partial charge in [0.05, 0.1) is 12.2 Å². The van der Waals surface area contributed by atoms with Gasteiger partial charge in [0.2, 0.25) is 0 Å². The van der Waals surface area contributed by atoms with Crippen molar-refractivity contribution in [3.63, 3.8) is 0 Å². The Morgan fingerprint density at radius 3 is 1.88 bits per heavy atom. The molecular formula is C47H66O5. The van der Waals surface area contributed by atoms with Gasteiger partial charge in [0.25, 0.3) is 0 Å². The molecule has 0 saturated carbocycles. The number of aliphatic hydroxyl groups is 2. The Morgan fingerprint density at radius 2 is 1.31 bits per heavy atom. The van der Waals surface area contributed by atoms with Crippen LogP contribution in [0, 0.1) is 22.7 Å². The molecule has 2 aliphatic rings. The molecule has 0 bridgehead atoms. The van der Waals surface area contributed by atoms with Crippen molar-refractivity contribution in [2.24, 2.45) is 22.7 Å². The summed E-state index contributed by atoms with van der Waals surface area (Å²) in [6, 6.07) is 0. The molecule has 5 nitrogen and oxygen atoms in total. The molecule has 0 fully saturated rings. The van der Waals surface area contributed by atoms with Gasteiger partial charge in [-0.2, -0.15) is 0 Å². The van der Waals surface area contributed by atoms with Crippen molar-refractivity contribution in [2.45, 2.75) is 120 Å². The summed E-state index contributed by atoms with van der Waals surface area (Å²) < 4.78 is 5.48. The second-order valence-electron chi connectivity index (χ2n) is 16.0. The quantitative estimate of drug-likeness (QED) is 0.0516. The smallest absolute Gasteiger partial charge is 0.330 e. The van der Waals surface area contributed by atoms with Crippen LogP contribution in [0.5, 0.6) is 0 Å².